The molecular weight excluding hydrogens is 468 g/mol. The van der Waals surface area contributed by atoms with Crippen LogP contribution in [0.4, 0.5) is 10.5 Å². The van der Waals surface area contributed by atoms with Crippen molar-refractivity contribution in [1.82, 2.24) is 14.5 Å². The second-order valence-corrected chi connectivity index (χ2v) is 11.3. The summed E-state index contributed by atoms with van der Waals surface area (Å²) in [4.78, 5) is 41.9. The number of aryl methyl sites for hydroxylation is 1. The highest BCUT2D eigenvalue weighted by Gasteiger charge is 2.49. The Balaban J connectivity index is 1.36. The molecule has 1 atom stereocenters. The Bertz CT molecular complexity index is 1290. The van der Waals surface area contributed by atoms with Crippen LogP contribution in [0.15, 0.2) is 53.4 Å². The number of anilines is 1. The van der Waals surface area contributed by atoms with Crippen molar-refractivity contribution >= 4 is 33.6 Å². The monoisotopic (exact) mass is 496 g/mol. The quantitative estimate of drug-likeness (QED) is 0.639. The van der Waals surface area contributed by atoms with Gasteiger partial charge in [0.25, 0.3) is 5.91 Å². The lowest BCUT2D eigenvalue weighted by atomic mass is 9.92. The zero-order chi connectivity index (χ0) is 24.8. The molecule has 9 nitrogen and oxygen atoms in total. The van der Waals surface area contributed by atoms with E-state index in [-0.39, 0.29) is 17.3 Å². The number of carbonyl (C=O) groups is 3. The Hall–Kier alpha value is -3.24. The number of amides is 4. The van der Waals surface area contributed by atoms with Crippen LogP contribution in [0.1, 0.15) is 37.3 Å². The van der Waals surface area contributed by atoms with E-state index >= 15 is 0 Å². The van der Waals surface area contributed by atoms with Gasteiger partial charge in [0.1, 0.15) is 12.1 Å². The smallest absolute Gasteiger partial charge is 0.319 e. The van der Waals surface area contributed by atoms with Gasteiger partial charge in [-0.25, -0.2) is 13.2 Å². The van der Waals surface area contributed by atoms with Gasteiger partial charge in [0.15, 0.2) is 0 Å². The molecule has 3 heterocycles. The van der Waals surface area contributed by atoms with E-state index in [0.717, 1.165) is 23.3 Å². The fraction of sp³-hybridized carbons (Fsp3) is 0.400. The lowest BCUT2D eigenvalue weighted by molar-refractivity contribution is -0.134. The number of nitrogens with one attached hydrogen (secondary N) is 1. The van der Waals surface area contributed by atoms with Crippen molar-refractivity contribution in [2.75, 3.05) is 31.1 Å². The summed E-state index contributed by atoms with van der Waals surface area (Å²) in [5.41, 5.74) is 0.802. The zero-order valence-corrected chi connectivity index (χ0v) is 20.4. The second-order valence-electron chi connectivity index (χ2n) is 9.36. The summed E-state index contributed by atoms with van der Waals surface area (Å²) in [6, 6.07) is 13.2. The van der Waals surface area contributed by atoms with Gasteiger partial charge >= 0.3 is 6.03 Å². The fourth-order valence-corrected chi connectivity index (χ4v) is 6.67. The summed E-state index contributed by atoms with van der Waals surface area (Å²) >= 11 is 0. The summed E-state index contributed by atoms with van der Waals surface area (Å²) in [5, 5.41) is 2.72. The van der Waals surface area contributed by atoms with Gasteiger partial charge in [0.2, 0.25) is 15.9 Å². The summed E-state index contributed by atoms with van der Waals surface area (Å²) in [6.07, 6.45) is 3.03. The van der Waals surface area contributed by atoms with Gasteiger partial charge in [-0.3, -0.25) is 14.5 Å². The van der Waals surface area contributed by atoms with Crippen LogP contribution in [0.25, 0.3) is 0 Å². The van der Waals surface area contributed by atoms with Crippen molar-refractivity contribution in [3.63, 3.8) is 0 Å². The number of sulfonamides is 1. The molecule has 5 rings (SSSR count). The van der Waals surface area contributed by atoms with Crippen molar-refractivity contribution in [3.8, 4) is 0 Å². The third-order valence-electron chi connectivity index (χ3n) is 7.09. The number of urea groups is 1. The maximum absolute atomic E-state index is 13.3. The minimum atomic E-state index is -3.56. The number of hydrogen-bond donors (Lipinski definition) is 1. The first-order valence-corrected chi connectivity index (χ1v) is 13.3. The Morgan fingerprint density at radius 1 is 1.00 bits per heavy atom. The van der Waals surface area contributed by atoms with Crippen LogP contribution < -0.4 is 10.2 Å². The van der Waals surface area contributed by atoms with Gasteiger partial charge in [-0.05, 0) is 61.9 Å². The van der Waals surface area contributed by atoms with E-state index in [1.807, 2.05) is 6.07 Å². The van der Waals surface area contributed by atoms with Crippen LogP contribution in [0.2, 0.25) is 0 Å². The lowest BCUT2D eigenvalue weighted by Crippen LogP contribution is -2.46. The number of fused-ring (bicyclic) bond motifs is 1. The molecule has 3 aliphatic heterocycles. The first-order valence-electron chi connectivity index (χ1n) is 11.8. The zero-order valence-electron chi connectivity index (χ0n) is 19.6. The van der Waals surface area contributed by atoms with Crippen LogP contribution in [0, 0.1) is 0 Å². The predicted octanol–water partition coefficient (Wildman–Crippen LogP) is 2.22. The summed E-state index contributed by atoms with van der Waals surface area (Å²) < 4.78 is 27.4. The molecule has 2 aromatic carbocycles. The van der Waals surface area contributed by atoms with E-state index in [0.29, 0.717) is 43.7 Å². The van der Waals surface area contributed by atoms with E-state index in [1.54, 1.807) is 48.2 Å². The first kappa shape index (κ1) is 23.5. The Morgan fingerprint density at radius 3 is 2.43 bits per heavy atom. The van der Waals surface area contributed by atoms with Gasteiger partial charge in [0, 0.05) is 25.3 Å². The van der Waals surface area contributed by atoms with E-state index in [1.165, 1.54) is 10.4 Å². The van der Waals surface area contributed by atoms with Crippen LogP contribution in [-0.4, -0.2) is 61.6 Å². The number of carbonyl (C=O) groups excluding carboxylic acids is 3. The van der Waals surface area contributed by atoms with E-state index in [4.69, 9.17) is 0 Å². The third kappa shape index (κ3) is 4.00. The molecule has 0 spiro atoms. The van der Waals surface area contributed by atoms with E-state index < -0.39 is 27.5 Å². The SMILES string of the molecule is C[C@@]1(c2ccccc2)NC(=O)N(CC(=O)N2CCCc3cc(S(=O)(=O)N4CCCC4)ccc32)C1=O. The molecule has 1 N–H and O–H groups in total. The van der Waals surface area contributed by atoms with Gasteiger partial charge in [-0.15, -0.1) is 0 Å². The maximum Gasteiger partial charge on any atom is 0.325 e. The topological polar surface area (TPSA) is 107 Å². The molecule has 2 aromatic rings. The predicted molar refractivity (Wildman–Crippen MR) is 129 cm³/mol. The van der Waals surface area contributed by atoms with Crippen LogP contribution >= 0.6 is 0 Å². The van der Waals surface area contributed by atoms with Gasteiger partial charge in [-0.1, -0.05) is 30.3 Å². The minimum Gasteiger partial charge on any atom is -0.319 e. The van der Waals surface area contributed by atoms with Gasteiger partial charge in [-0.2, -0.15) is 4.31 Å². The minimum absolute atomic E-state index is 0.236. The van der Waals surface area contributed by atoms with E-state index in [9.17, 15) is 22.8 Å². The molecule has 3 aliphatic rings. The molecule has 0 radical (unpaired) electrons. The molecule has 0 unspecified atom stereocenters. The lowest BCUT2D eigenvalue weighted by Gasteiger charge is -2.31. The second kappa shape index (κ2) is 8.76. The highest BCUT2D eigenvalue weighted by Crippen LogP contribution is 2.33. The van der Waals surface area contributed by atoms with Crippen LogP contribution in [-0.2, 0) is 31.6 Å². The van der Waals surface area contributed by atoms with Crippen molar-refractivity contribution in [2.45, 2.75) is 43.0 Å². The fourth-order valence-electron chi connectivity index (χ4n) is 5.10. The molecule has 184 valence electrons. The molecule has 0 saturated carbocycles. The molecule has 0 aromatic heterocycles. The molecular formula is C25H28N4O5S. The number of imide groups is 1. The molecule has 0 bridgehead atoms. The van der Waals surface area contributed by atoms with Gasteiger partial charge < -0.3 is 10.2 Å². The Morgan fingerprint density at radius 2 is 1.71 bits per heavy atom. The molecule has 4 amide bonds. The van der Waals surface area contributed by atoms with Crippen molar-refractivity contribution < 1.29 is 22.8 Å². The number of nitrogens with zero attached hydrogens (tertiary/aromatic N) is 3. The molecule has 0 aliphatic carbocycles. The van der Waals surface area contributed by atoms with Gasteiger partial charge in [0.05, 0.1) is 4.90 Å². The van der Waals surface area contributed by atoms with Crippen LogP contribution in [0.3, 0.4) is 0 Å². The van der Waals surface area contributed by atoms with Crippen LogP contribution in [0.5, 0.6) is 0 Å². The van der Waals surface area contributed by atoms with Crippen molar-refractivity contribution in [2.24, 2.45) is 0 Å². The third-order valence-corrected chi connectivity index (χ3v) is 8.99. The molecule has 35 heavy (non-hydrogen) atoms. The Labute approximate surface area is 204 Å². The Kier molecular flexibility index (Phi) is 5.88. The van der Waals surface area contributed by atoms with Crippen molar-refractivity contribution in [3.05, 3.63) is 59.7 Å². The summed E-state index contributed by atoms with van der Waals surface area (Å²) in [7, 11) is -3.56. The van der Waals surface area contributed by atoms with E-state index in [2.05, 4.69) is 5.32 Å². The largest absolute Gasteiger partial charge is 0.325 e. The average molecular weight is 497 g/mol. The number of rotatable bonds is 5. The highest BCUT2D eigenvalue weighted by atomic mass is 32.2. The maximum atomic E-state index is 13.3. The standard InChI is InChI=1S/C25H28N4O5S/c1-25(19-9-3-2-4-10-19)23(31)29(24(32)26-25)17-22(30)28-15-7-8-18-16-20(11-12-21(18)28)35(33,34)27-13-5-6-14-27/h2-4,9-12,16H,5-8,13-15,17H2,1H3,(H,26,32)/t25-/m0/s1. The number of hydrogen-bond acceptors (Lipinski definition) is 5. The molecule has 2 fully saturated rings. The summed E-state index contributed by atoms with van der Waals surface area (Å²) in [6.45, 7) is 2.73. The molecule has 2 saturated heterocycles. The number of benzene rings is 2. The normalized spacial score (nSPS) is 22.9. The highest BCUT2D eigenvalue weighted by molar-refractivity contribution is 7.89. The summed E-state index contributed by atoms with van der Waals surface area (Å²) in [5.74, 6) is -0.867. The molecule has 10 heteroatoms. The van der Waals surface area contributed by atoms with Crippen molar-refractivity contribution in [1.29, 1.82) is 0 Å². The first-order chi connectivity index (χ1) is 16.7. The average Bonchev–Trinajstić information content (AvgIpc) is 3.48.